The number of anilines is 5. The Morgan fingerprint density at radius 2 is 1.55 bits per heavy atom. The maximum Gasteiger partial charge on any atom is 0.240 e. The first kappa shape index (κ1) is 21.0. The summed E-state index contributed by atoms with van der Waals surface area (Å²) in [6.07, 6.45) is 1.45. The zero-order chi connectivity index (χ0) is 21.7. The SMILES string of the molecule is CNS(=O)(=O)c1cccc(Nc2cc(Nc3cccc(N4CCOCC4)c3)ncn2)c1. The highest BCUT2D eigenvalue weighted by atomic mass is 32.2. The number of nitrogens with one attached hydrogen (secondary N) is 3. The van der Waals surface area contributed by atoms with Crippen LogP contribution in [0.1, 0.15) is 0 Å². The Balaban J connectivity index is 1.49. The Kier molecular flexibility index (Phi) is 6.31. The van der Waals surface area contributed by atoms with Crippen molar-refractivity contribution in [2.75, 3.05) is 48.9 Å². The summed E-state index contributed by atoms with van der Waals surface area (Å²) in [7, 11) is -2.14. The van der Waals surface area contributed by atoms with Crippen LogP contribution in [0.15, 0.2) is 65.8 Å². The molecule has 2 aromatic carbocycles. The number of morpholine rings is 1. The van der Waals surface area contributed by atoms with Crippen LogP contribution < -0.4 is 20.3 Å². The maximum atomic E-state index is 12.0. The van der Waals surface area contributed by atoms with Crippen molar-refractivity contribution in [2.45, 2.75) is 4.90 Å². The van der Waals surface area contributed by atoms with Crippen LogP contribution in [0.4, 0.5) is 28.7 Å². The lowest BCUT2D eigenvalue weighted by atomic mass is 10.2. The van der Waals surface area contributed by atoms with Crippen LogP contribution in [0.25, 0.3) is 0 Å². The molecule has 3 aromatic rings. The van der Waals surface area contributed by atoms with Crippen LogP contribution in [-0.4, -0.2) is 51.7 Å². The number of benzene rings is 2. The van der Waals surface area contributed by atoms with E-state index in [4.69, 9.17) is 4.74 Å². The third-order valence-electron chi connectivity index (χ3n) is 4.85. The zero-order valence-electron chi connectivity index (χ0n) is 17.1. The molecule has 1 fully saturated rings. The Hall–Kier alpha value is -3.21. The molecule has 0 amide bonds. The van der Waals surface area contributed by atoms with Gasteiger partial charge in [-0.25, -0.2) is 23.1 Å². The van der Waals surface area contributed by atoms with Gasteiger partial charge in [-0.15, -0.1) is 0 Å². The fourth-order valence-electron chi connectivity index (χ4n) is 3.25. The van der Waals surface area contributed by atoms with E-state index in [0.29, 0.717) is 17.3 Å². The molecule has 0 aliphatic carbocycles. The highest BCUT2D eigenvalue weighted by molar-refractivity contribution is 7.89. The molecule has 9 nitrogen and oxygen atoms in total. The Morgan fingerprint density at radius 1 is 0.903 bits per heavy atom. The lowest BCUT2D eigenvalue weighted by Gasteiger charge is -2.29. The molecule has 3 N–H and O–H groups in total. The van der Waals surface area contributed by atoms with E-state index in [1.165, 1.54) is 19.4 Å². The van der Waals surface area contributed by atoms with Crippen molar-refractivity contribution < 1.29 is 13.2 Å². The van der Waals surface area contributed by atoms with Crippen LogP contribution in [0, 0.1) is 0 Å². The summed E-state index contributed by atoms with van der Waals surface area (Å²) in [5, 5.41) is 6.42. The molecule has 31 heavy (non-hydrogen) atoms. The molecule has 4 rings (SSSR count). The number of sulfonamides is 1. The number of hydrogen-bond donors (Lipinski definition) is 3. The van der Waals surface area contributed by atoms with Gasteiger partial charge in [-0.3, -0.25) is 0 Å². The third-order valence-corrected chi connectivity index (χ3v) is 6.26. The average Bonchev–Trinajstić information content (AvgIpc) is 2.80. The van der Waals surface area contributed by atoms with E-state index in [1.807, 2.05) is 12.1 Å². The van der Waals surface area contributed by atoms with E-state index >= 15 is 0 Å². The molecule has 0 saturated carbocycles. The van der Waals surface area contributed by atoms with Gasteiger partial charge in [0.25, 0.3) is 0 Å². The maximum absolute atomic E-state index is 12.0. The summed E-state index contributed by atoms with van der Waals surface area (Å²) in [6, 6.07) is 16.4. The smallest absolute Gasteiger partial charge is 0.240 e. The number of nitrogens with zero attached hydrogens (tertiary/aromatic N) is 3. The van der Waals surface area contributed by atoms with E-state index in [9.17, 15) is 8.42 Å². The fraction of sp³-hybridized carbons (Fsp3) is 0.238. The topological polar surface area (TPSA) is 108 Å². The number of ether oxygens (including phenoxy) is 1. The summed E-state index contributed by atoms with van der Waals surface area (Å²) >= 11 is 0. The molecule has 0 atom stereocenters. The highest BCUT2D eigenvalue weighted by Crippen LogP contribution is 2.24. The predicted octanol–water partition coefficient (Wildman–Crippen LogP) is 2.71. The molecule has 0 radical (unpaired) electrons. The van der Waals surface area contributed by atoms with Crippen molar-refractivity contribution in [3.63, 3.8) is 0 Å². The second-order valence-electron chi connectivity index (χ2n) is 6.92. The second-order valence-corrected chi connectivity index (χ2v) is 8.81. The second kappa shape index (κ2) is 9.29. The minimum atomic E-state index is -3.52. The van der Waals surface area contributed by atoms with E-state index in [2.05, 4.69) is 42.4 Å². The van der Waals surface area contributed by atoms with Gasteiger partial charge in [-0.2, -0.15) is 0 Å². The summed E-state index contributed by atoms with van der Waals surface area (Å²) < 4.78 is 31.8. The number of hydrogen-bond acceptors (Lipinski definition) is 8. The largest absolute Gasteiger partial charge is 0.378 e. The van der Waals surface area contributed by atoms with Gasteiger partial charge in [0.1, 0.15) is 18.0 Å². The van der Waals surface area contributed by atoms with Gasteiger partial charge in [0.2, 0.25) is 10.0 Å². The lowest BCUT2D eigenvalue weighted by molar-refractivity contribution is 0.122. The summed E-state index contributed by atoms with van der Waals surface area (Å²) in [5.74, 6) is 1.16. The van der Waals surface area contributed by atoms with Crippen LogP contribution in [0.2, 0.25) is 0 Å². The number of aromatic nitrogens is 2. The van der Waals surface area contributed by atoms with E-state index in [0.717, 1.165) is 37.7 Å². The minimum absolute atomic E-state index is 0.173. The van der Waals surface area contributed by atoms with Gasteiger partial charge in [0.15, 0.2) is 0 Å². The molecule has 1 aliphatic heterocycles. The zero-order valence-corrected chi connectivity index (χ0v) is 17.9. The average molecular weight is 441 g/mol. The standard InChI is InChI=1S/C21H24N6O3S/c1-22-31(28,29)19-7-3-5-17(13-19)26-21-14-20(23-15-24-21)25-16-4-2-6-18(12-16)27-8-10-30-11-9-27/h2-7,12-15,22H,8-11H2,1H3,(H2,23,24,25,26). The van der Waals surface area contributed by atoms with Gasteiger partial charge in [0, 0.05) is 36.2 Å². The van der Waals surface area contributed by atoms with Crippen molar-refractivity contribution in [2.24, 2.45) is 0 Å². The molecule has 1 aliphatic rings. The molecule has 0 bridgehead atoms. The summed E-state index contributed by atoms with van der Waals surface area (Å²) in [5.41, 5.74) is 2.65. The fourth-order valence-corrected chi connectivity index (χ4v) is 4.03. The quantitative estimate of drug-likeness (QED) is 0.515. The highest BCUT2D eigenvalue weighted by Gasteiger charge is 2.13. The lowest BCUT2D eigenvalue weighted by Crippen LogP contribution is -2.36. The Labute approximate surface area is 181 Å². The van der Waals surface area contributed by atoms with Gasteiger partial charge in [-0.1, -0.05) is 12.1 Å². The first-order valence-corrected chi connectivity index (χ1v) is 11.3. The first-order valence-electron chi connectivity index (χ1n) is 9.86. The van der Waals surface area contributed by atoms with Gasteiger partial charge in [0.05, 0.1) is 18.1 Å². The first-order chi connectivity index (χ1) is 15.0. The predicted molar refractivity (Wildman–Crippen MR) is 121 cm³/mol. The Morgan fingerprint density at radius 3 is 2.23 bits per heavy atom. The third kappa shape index (κ3) is 5.29. The summed E-state index contributed by atoms with van der Waals surface area (Å²) in [4.78, 5) is 11.0. The molecule has 1 saturated heterocycles. The monoisotopic (exact) mass is 440 g/mol. The van der Waals surface area contributed by atoms with Crippen molar-refractivity contribution in [3.05, 3.63) is 60.9 Å². The summed E-state index contributed by atoms with van der Waals surface area (Å²) in [6.45, 7) is 3.20. The van der Waals surface area contributed by atoms with Crippen LogP contribution in [-0.2, 0) is 14.8 Å². The molecule has 0 spiro atoms. The van der Waals surface area contributed by atoms with Crippen LogP contribution >= 0.6 is 0 Å². The molecule has 2 heterocycles. The number of rotatable bonds is 7. The van der Waals surface area contributed by atoms with Crippen molar-refractivity contribution >= 4 is 38.7 Å². The molecular formula is C21H24N6O3S. The van der Waals surface area contributed by atoms with E-state index in [1.54, 1.807) is 24.3 Å². The molecular weight excluding hydrogens is 416 g/mol. The van der Waals surface area contributed by atoms with Gasteiger partial charge >= 0.3 is 0 Å². The Bertz CT molecular complexity index is 1150. The van der Waals surface area contributed by atoms with Gasteiger partial charge < -0.3 is 20.3 Å². The normalized spacial score (nSPS) is 14.3. The van der Waals surface area contributed by atoms with E-state index in [-0.39, 0.29) is 4.90 Å². The molecule has 162 valence electrons. The van der Waals surface area contributed by atoms with Crippen molar-refractivity contribution in [1.29, 1.82) is 0 Å². The molecule has 1 aromatic heterocycles. The van der Waals surface area contributed by atoms with Crippen molar-refractivity contribution in [3.8, 4) is 0 Å². The van der Waals surface area contributed by atoms with Crippen LogP contribution in [0.3, 0.4) is 0 Å². The van der Waals surface area contributed by atoms with Crippen molar-refractivity contribution in [1.82, 2.24) is 14.7 Å². The van der Waals surface area contributed by atoms with Gasteiger partial charge in [-0.05, 0) is 43.4 Å². The minimum Gasteiger partial charge on any atom is -0.378 e. The van der Waals surface area contributed by atoms with Crippen LogP contribution in [0.5, 0.6) is 0 Å². The molecule has 0 unspecified atom stereocenters. The van der Waals surface area contributed by atoms with E-state index < -0.39 is 10.0 Å². The molecule has 10 heteroatoms.